The molecule has 0 bridgehead atoms. The number of hydrogen-bond acceptors (Lipinski definition) is 2. The van der Waals surface area contributed by atoms with Gasteiger partial charge in [-0.05, 0) is 37.6 Å². The molecule has 1 N–H and O–H groups in total. The first-order valence-corrected chi connectivity index (χ1v) is 9.93. The van der Waals surface area contributed by atoms with Crippen LogP contribution in [0.3, 0.4) is 0 Å². The van der Waals surface area contributed by atoms with E-state index in [1.807, 2.05) is 62.4 Å². The van der Waals surface area contributed by atoms with Crippen LogP contribution in [0.1, 0.15) is 21.5 Å². The Labute approximate surface area is 179 Å². The van der Waals surface area contributed by atoms with Gasteiger partial charge in [-0.1, -0.05) is 77.3 Å². The molecule has 3 nitrogen and oxygen atoms in total. The summed E-state index contributed by atoms with van der Waals surface area (Å²) in [6.07, 6.45) is 0. The van der Waals surface area contributed by atoms with Crippen LogP contribution >= 0.6 is 23.2 Å². The van der Waals surface area contributed by atoms with Crippen molar-refractivity contribution in [2.24, 2.45) is 0 Å². The third kappa shape index (κ3) is 3.71. The Kier molecular flexibility index (Phi) is 5.27. The molecule has 0 saturated heterocycles. The monoisotopic (exact) mass is 420 g/mol. The summed E-state index contributed by atoms with van der Waals surface area (Å²) in [6.45, 7) is 3.95. The lowest BCUT2D eigenvalue weighted by Gasteiger charge is -2.16. The molecule has 4 aromatic rings. The van der Waals surface area contributed by atoms with E-state index in [-0.39, 0.29) is 5.91 Å². The summed E-state index contributed by atoms with van der Waals surface area (Å²) < 4.78 is 0. The molecule has 0 spiro atoms. The van der Waals surface area contributed by atoms with Gasteiger partial charge in [0, 0.05) is 10.9 Å². The van der Waals surface area contributed by atoms with Crippen LogP contribution in [0.4, 0.5) is 5.69 Å². The van der Waals surface area contributed by atoms with E-state index in [2.05, 4.69) is 5.32 Å². The largest absolute Gasteiger partial charge is 0.319 e. The molecule has 1 amide bonds. The van der Waals surface area contributed by atoms with Gasteiger partial charge >= 0.3 is 0 Å². The molecule has 0 aliphatic carbocycles. The number of benzene rings is 3. The number of fused-ring (bicyclic) bond motifs is 1. The van der Waals surface area contributed by atoms with Crippen LogP contribution in [0.2, 0.25) is 10.0 Å². The van der Waals surface area contributed by atoms with Crippen molar-refractivity contribution in [3.05, 3.63) is 93.5 Å². The summed E-state index contributed by atoms with van der Waals surface area (Å²) in [4.78, 5) is 18.2. The molecule has 144 valence electrons. The second-order valence-electron chi connectivity index (χ2n) is 6.89. The van der Waals surface area contributed by atoms with Crippen molar-refractivity contribution in [3.63, 3.8) is 0 Å². The minimum absolute atomic E-state index is 0.274. The molecule has 0 radical (unpaired) electrons. The van der Waals surface area contributed by atoms with Gasteiger partial charge in [0.25, 0.3) is 5.91 Å². The maximum Gasteiger partial charge on any atom is 0.256 e. The van der Waals surface area contributed by atoms with E-state index in [9.17, 15) is 4.79 Å². The lowest BCUT2D eigenvalue weighted by atomic mass is 9.96. The SMILES string of the molecule is Cc1ccc(-c2nc3ccccc3c(C(=O)Nc3c(Cl)cccc3Cl)c2C)cc1. The van der Waals surface area contributed by atoms with Crippen molar-refractivity contribution in [1.29, 1.82) is 0 Å². The summed E-state index contributed by atoms with van der Waals surface area (Å²) in [6, 6.07) is 20.9. The molecule has 0 atom stereocenters. The third-order valence-electron chi connectivity index (χ3n) is 4.89. The molecule has 29 heavy (non-hydrogen) atoms. The normalized spacial score (nSPS) is 10.9. The number of anilines is 1. The molecule has 0 saturated carbocycles. The minimum atomic E-state index is -0.274. The molecule has 0 aliphatic heterocycles. The van der Waals surface area contributed by atoms with Crippen LogP contribution in [0.5, 0.6) is 0 Å². The smallest absolute Gasteiger partial charge is 0.256 e. The van der Waals surface area contributed by atoms with E-state index in [0.717, 1.165) is 27.7 Å². The molecule has 0 aliphatic rings. The first-order valence-electron chi connectivity index (χ1n) is 9.17. The van der Waals surface area contributed by atoms with Gasteiger partial charge < -0.3 is 5.32 Å². The van der Waals surface area contributed by atoms with Gasteiger partial charge in [0.15, 0.2) is 0 Å². The number of amides is 1. The lowest BCUT2D eigenvalue weighted by Crippen LogP contribution is -2.16. The number of carbonyl (C=O) groups excluding carboxylic acids is 1. The van der Waals surface area contributed by atoms with Gasteiger partial charge in [-0.2, -0.15) is 0 Å². The van der Waals surface area contributed by atoms with Gasteiger partial charge in [-0.15, -0.1) is 0 Å². The number of aromatic nitrogens is 1. The average Bonchev–Trinajstić information content (AvgIpc) is 2.71. The van der Waals surface area contributed by atoms with E-state index < -0.39 is 0 Å². The van der Waals surface area contributed by atoms with Gasteiger partial charge in [0.1, 0.15) is 0 Å². The van der Waals surface area contributed by atoms with Gasteiger partial charge in [-0.25, -0.2) is 4.98 Å². The topological polar surface area (TPSA) is 42.0 Å². The summed E-state index contributed by atoms with van der Waals surface area (Å²) in [5.74, 6) is -0.274. The summed E-state index contributed by atoms with van der Waals surface area (Å²) in [7, 11) is 0. The van der Waals surface area contributed by atoms with Crippen molar-refractivity contribution >= 4 is 45.7 Å². The van der Waals surface area contributed by atoms with E-state index in [4.69, 9.17) is 28.2 Å². The van der Waals surface area contributed by atoms with Crippen LogP contribution in [-0.2, 0) is 0 Å². The fourth-order valence-corrected chi connectivity index (χ4v) is 3.88. The minimum Gasteiger partial charge on any atom is -0.319 e. The number of pyridine rings is 1. The fourth-order valence-electron chi connectivity index (χ4n) is 3.39. The Bertz CT molecular complexity index is 1210. The van der Waals surface area contributed by atoms with Crippen molar-refractivity contribution in [1.82, 2.24) is 4.98 Å². The van der Waals surface area contributed by atoms with Crippen molar-refractivity contribution in [2.75, 3.05) is 5.32 Å². The zero-order chi connectivity index (χ0) is 20.5. The molecule has 4 rings (SSSR count). The number of nitrogens with zero attached hydrogens (tertiary/aromatic N) is 1. The first kappa shape index (κ1) is 19.4. The second kappa shape index (κ2) is 7.86. The molecule has 1 aromatic heterocycles. The Balaban J connectivity index is 1.89. The average molecular weight is 421 g/mol. The van der Waals surface area contributed by atoms with Crippen LogP contribution in [-0.4, -0.2) is 10.9 Å². The van der Waals surface area contributed by atoms with Gasteiger partial charge in [0.2, 0.25) is 0 Å². The molecule has 1 heterocycles. The Hall–Kier alpha value is -2.88. The van der Waals surface area contributed by atoms with Crippen molar-refractivity contribution in [2.45, 2.75) is 13.8 Å². The highest BCUT2D eigenvalue weighted by Crippen LogP contribution is 2.33. The highest BCUT2D eigenvalue weighted by molar-refractivity contribution is 6.40. The van der Waals surface area contributed by atoms with E-state index >= 15 is 0 Å². The van der Waals surface area contributed by atoms with Crippen molar-refractivity contribution in [3.8, 4) is 11.3 Å². The van der Waals surface area contributed by atoms with Crippen molar-refractivity contribution < 1.29 is 4.79 Å². The predicted octanol–water partition coefficient (Wildman–Crippen LogP) is 7.08. The fraction of sp³-hybridized carbons (Fsp3) is 0.0833. The van der Waals surface area contributed by atoms with Crippen LogP contribution in [0, 0.1) is 13.8 Å². The van der Waals surface area contributed by atoms with Crippen LogP contribution in [0.15, 0.2) is 66.7 Å². The molecular weight excluding hydrogens is 403 g/mol. The number of para-hydroxylation sites is 2. The van der Waals surface area contributed by atoms with E-state index in [1.165, 1.54) is 5.56 Å². The summed E-state index contributed by atoms with van der Waals surface area (Å²) >= 11 is 12.5. The number of hydrogen-bond donors (Lipinski definition) is 1. The zero-order valence-corrected chi connectivity index (χ0v) is 17.5. The van der Waals surface area contributed by atoms with Gasteiger partial charge in [-0.3, -0.25) is 4.79 Å². The highest BCUT2D eigenvalue weighted by atomic mass is 35.5. The number of carbonyl (C=O) groups is 1. The van der Waals surface area contributed by atoms with E-state index in [0.29, 0.717) is 21.3 Å². The molecular formula is C24H18Cl2N2O. The summed E-state index contributed by atoms with van der Waals surface area (Å²) in [5, 5.41) is 4.44. The molecule has 3 aromatic carbocycles. The standard InChI is InChI=1S/C24H18Cl2N2O/c1-14-10-12-16(13-11-14)22-15(2)21(17-6-3-4-9-20(17)27-22)24(29)28-23-18(25)7-5-8-19(23)26/h3-13H,1-2H3,(H,28,29). The quantitative estimate of drug-likeness (QED) is 0.384. The maximum absolute atomic E-state index is 13.3. The molecule has 0 unspecified atom stereocenters. The highest BCUT2D eigenvalue weighted by Gasteiger charge is 2.20. The Morgan fingerprint density at radius 2 is 1.52 bits per heavy atom. The Morgan fingerprint density at radius 3 is 2.21 bits per heavy atom. The Morgan fingerprint density at radius 1 is 0.862 bits per heavy atom. The van der Waals surface area contributed by atoms with Crippen LogP contribution in [0.25, 0.3) is 22.2 Å². The third-order valence-corrected chi connectivity index (χ3v) is 5.52. The molecule has 0 fully saturated rings. The number of nitrogens with one attached hydrogen (secondary N) is 1. The first-order chi connectivity index (χ1) is 14.0. The maximum atomic E-state index is 13.3. The number of halogens is 2. The second-order valence-corrected chi connectivity index (χ2v) is 7.71. The van der Waals surface area contributed by atoms with E-state index in [1.54, 1.807) is 18.2 Å². The molecule has 5 heteroatoms. The summed E-state index contributed by atoms with van der Waals surface area (Å²) in [5.41, 5.74) is 5.42. The predicted molar refractivity (Wildman–Crippen MR) is 121 cm³/mol. The number of rotatable bonds is 3. The number of aryl methyl sites for hydroxylation is 1. The van der Waals surface area contributed by atoms with Gasteiger partial charge in [0.05, 0.1) is 32.5 Å². The lowest BCUT2D eigenvalue weighted by molar-refractivity contribution is 0.102. The van der Waals surface area contributed by atoms with Crippen LogP contribution < -0.4 is 5.32 Å². The zero-order valence-electron chi connectivity index (χ0n) is 16.0.